The van der Waals surface area contributed by atoms with Gasteiger partial charge in [0.15, 0.2) is 0 Å². The van der Waals surface area contributed by atoms with E-state index in [1.54, 1.807) is 0 Å². The predicted molar refractivity (Wildman–Crippen MR) is 128 cm³/mol. The third-order valence-electron chi connectivity index (χ3n) is 6.25. The van der Waals surface area contributed by atoms with E-state index in [1.165, 1.54) is 0 Å². The lowest BCUT2D eigenvalue weighted by molar-refractivity contribution is -0.139. The van der Waals surface area contributed by atoms with Gasteiger partial charge in [-0.15, -0.1) is 12.4 Å². The zero-order chi connectivity index (χ0) is 22.3. The summed E-state index contributed by atoms with van der Waals surface area (Å²) in [7, 11) is 0. The van der Waals surface area contributed by atoms with Crippen LogP contribution in [0.25, 0.3) is 11.1 Å². The van der Waals surface area contributed by atoms with Gasteiger partial charge in [0, 0.05) is 19.0 Å². The fourth-order valence-corrected chi connectivity index (χ4v) is 4.55. The van der Waals surface area contributed by atoms with E-state index in [4.69, 9.17) is 9.47 Å². The number of nitrogens with one attached hydrogen (secondary N) is 1. The first kappa shape index (κ1) is 25.0. The quantitative estimate of drug-likeness (QED) is 0.536. The molecule has 2 aromatic carbocycles. The summed E-state index contributed by atoms with van der Waals surface area (Å²) in [6.45, 7) is 4.42. The Morgan fingerprint density at radius 3 is 2.24 bits per heavy atom. The number of hydrogen-bond acceptors (Lipinski definition) is 5. The second kappa shape index (κ2) is 12.0. The summed E-state index contributed by atoms with van der Waals surface area (Å²) in [6, 6.07) is 15.3. The molecule has 0 spiro atoms. The van der Waals surface area contributed by atoms with E-state index in [9.17, 15) is 14.7 Å². The summed E-state index contributed by atoms with van der Waals surface area (Å²) in [5, 5.41) is 12.0. The molecule has 33 heavy (non-hydrogen) atoms. The Morgan fingerprint density at radius 1 is 1.03 bits per heavy atom. The van der Waals surface area contributed by atoms with Crippen molar-refractivity contribution in [3.05, 3.63) is 59.7 Å². The maximum Gasteiger partial charge on any atom is 0.407 e. The molecule has 0 radical (unpaired) electrons. The zero-order valence-electron chi connectivity index (χ0n) is 18.6. The molecule has 0 unspecified atom stereocenters. The van der Waals surface area contributed by atoms with Crippen LogP contribution in [0.2, 0.25) is 0 Å². The molecule has 2 N–H and O–H groups in total. The van der Waals surface area contributed by atoms with Crippen LogP contribution >= 0.6 is 12.4 Å². The van der Waals surface area contributed by atoms with Crippen LogP contribution in [-0.4, -0.2) is 67.6 Å². The van der Waals surface area contributed by atoms with Crippen molar-refractivity contribution in [2.24, 2.45) is 0 Å². The van der Waals surface area contributed by atoms with Gasteiger partial charge in [-0.05, 0) is 48.1 Å². The molecule has 1 atom stereocenters. The van der Waals surface area contributed by atoms with Crippen LogP contribution in [0.3, 0.4) is 0 Å². The van der Waals surface area contributed by atoms with E-state index < -0.39 is 18.1 Å². The number of halogens is 1. The molecule has 178 valence electrons. The van der Waals surface area contributed by atoms with Crippen molar-refractivity contribution < 1.29 is 24.2 Å². The van der Waals surface area contributed by atoms with Gasteiger partial charge in [0.25, 0.3) is 0 Å². The number of benzene rings is 2. The van der Waals surface area contributed by atoms with E-state index in [0.29, 0.717) is 6.42 Å². The molecule has 8 heteroatoms. The normalized spacial score (nSPS) is 16.2. The van der Waals surface area contributed by atoms with E-state index in [1.807, 2.05) is 24.3 Å². The Morgan fingerprint density at radius 2 is 1.64 bits per heavy atom. The van der Waals surface area contributed by atoms with Crippen LogP contribution in [0.15, 0.2) is 48.5 Å². The average Bonchev–Trinajstić information content (AvgIpc) is 3.14. The summed E-state index contributed by atoms with van der Waals surface area (Å²) < 4.78 is 10.8. The lowest BCUT2D eigenvalue weighted by atomic mass is 9.98. The number of morpholine rings is 1. The molecular weight excluding hydrogens is 444 g/mol. The molecule has 1 aliphatic carbocycles. The number of unbranched alkanes of at least 4 members (excludes halogenated alkanes) is 1. The van der Waals surface area contributed by atoms with Crippen molar-refractivity contribution in [1.82, 2.24) is 10.2 Å². The molecule has 0 saturated carbocycles. The first-order valence-corrected chi connectivity index (χ1v) is 11.3. The highest BCUT2D eigenvalue weighted by Crippen LogP contribution is 2.44. The number of hydrogen-bond donors (Lipinski definition) is 2. The van der Waals surface area contributed by atoms with Crippen molar-refractivity contribution in [2.75, 3.05) is 39.5 Å². The van der Waals surface area contributed by atoms with Gasteiger partial charge in [-0.3, -0.25) is 4.90 Å². The summed E-state index contributed by atoms with van der Waals surface area (Å²) in [4.78, 5) is 26.3. The number of ether oxygens (including phenoxy) is 2. The molecule has 4 rings (SSSR count). The van der Waals surface area contributed by atoms with E-state index >= 15 is 0 Å². The van der Waals surface area contributed by atoms with Gasteiger partial charge in [-0.1, -0.05) is 48.5 Å². The Hall–Kier alpha value is -2.61. The Bertz CT molecular complexity index is 902. The predicted octanol–water partition coefficient (Wildman–Crippen LogP) is 3.90. The molecule has 7 nitrogen and oxygen atoms in total. The van der Waals surface area contributed by atoms with Crippen LogP contribution in [0.1, 0.15) is 36.3 Å². The zero-order valence-corrected chi connectivity index (χ0v) is 19.4. The molecule has 0 bridgehead atoms. The molecule has 1 saturated heterocycles. The largest absolute Gasteiger partial charge is 0.480 e. The monoisotopic (exact) mass is 474 g/mol. The van der Waals surface area contributed by atoms with E-state index in [2.05, 4.69) is 34.5 Å². The number of alkyl carbamates (subject to hydrolysis) is 1. The van der Waals surface area contributed by atoms with Crippen molar-refractivity contribution in [1.29, 1.82) is 0 Å². The number of aliphatic carboxylic acids is 1. The number of rotatable bonds is 9. The first-order chi connectivity index (χ1) is 15.6. The number of carboxylic acid groups (broad SMARTS) is 1. The van der Waals surface area contributed by atoms with Gasteiger partial charge in [0.05, 0.1) is 13.2 Å². The molecule has 0 aromatic heterocycles. The summed E-state index contributed by atoms with van der Waals surface area (Å²) in [6.07, 6.45) is 1.30. The van der Waals surface area contributed by atoms with E-state index in [-0.39, 0.29) is 24.9 Å². The number of carboxylic acids is 1. The Labute approximate surface area is 200 Å². The van der Waals surface area contributed by atoms with Gasteiger partial charge in [-0.25, -0.2) is 9.59 Å². The molecular formula is C25H31ClN2O5. The lowest BCUT2D eigenvalue weighted by Crippen LogP contribution is -2.41. The fourth-order valence-electron chi connectivity index (χ4n) is 4.55. The van der Waals surface area contributed by atoms with Crippen molar-refractivity contribution in [2.45, 2.75) is 31.2 Å². The number of carbonyl (C=O) groups is 2. The summed E-state index contributed by atoms with van der Waals surface area (Å²) in [5.74, 6) is -1.09. The van der Waals surface area contributed by atoms with Crippen molar-refractivity contribution in [3.63, 3.8) is 0 Å². The number of carbonyl (C=O) groups excluding carboxylic acids is 1. The fraction of sp³-hybridized carbons (Fsp3) is 0.440. The van der Waals surface area contributed by atoms with Crippen LogP contribution < -0.4 is 5.32 Å². The van der Waals surface area contributed by atoms with Gasteiger partial charge in [-0.2, -0.15) is 0 Å². The molecule has 1 aliphatic heterocycles. The Balaban J connectivity index is 0.00000306. The topological polar surface area (TPSA) is 88.1 Å². The van der Waals surface area contributed by atoms with Gasteiger partial charge in [0.2, 0.25) is 0 Å². The van der Waals surface area contributed by atoms with Crippen molar-refractivity contribution >= 4 is 24.5 Å². The third-order valence-corrected chi connectivity index (χ3v) is 6.25. The van der Waals surface area contributed by atoms with Gasteiger partial charge >= 0.3 is 12.1 Å². The van der Waals surface area contributed by atoms with Crippen molar-refractivity contribution in [3.8, 4) is 11.1 Å². The molecule has 2 aromatic rings. The van der Waals surface area contributed by atoms with E-state index in [0.717, 1.165) is 67.9 Å². The van der Waals surface area contributed by atoms with Crippen LogP contribution in [0.4, 0.5) is 4.79 Å². The lowest BCUT2D eigenvalue weighted by Gasteiger charge is -2.26. The highest BCUT2D eigenvalue weighted by Gasteiger charge is 2.29. The number of amides is 1. The standard InChI is InChI=1S/C25H30N2O5.ClH/c28-24(29)23(11-5-6-12-27-13-15-31-16-14-27)26-25(30)32-17-22-20-9-3-1-7-18(20)19-8-2-4-10-21(19)22;/h1-4,7-10,22-23H,5-6,11-17H2,(H,26,30)(H,28,29);1H/t23-;/m0./s1. The van der Waals surface area contributed by atoms with Gasteiger partial charge in [0.1, 0.15) is 12.6 Å². The van der Waals surface area contributed by atoms with Crippen LogP contribution in [0.5, 0.6) is 0 Å². The smallest absolute Gasteiger partial charge is 0.407 e. The molecule has 2 aliphatic rings. The van der Waals surface area contributed by atoms with Crippen LogP contribution in [-0.2, 0) is 14.3 Å². The summed E-state index contributed by atoms with van der Waals surface area (Å²) in [5.41, 5.74) is 4.56. The number of nitrogens with zero attached hydrogens (tertiary/aromatic N) is 1. The Kier molecular flexibility index (Phi) is 9.11. The maximum atomic E-state index is 12.4. The SMILES string of the molecule is Cl.O=C(N[C@@H](CCCCN1CCOCC1)C(=O)O)OCC1c2ccccc2-c2ccccc21. The minimum Gasteiger partial charge on any atom is -0.480 e. The van der Waals surface area contributed by atoms with Crippen LogP contribution in [0, 0.1) is 0 Å². The average molecular weight is 475 g/mol. The molecule has 1 heterocycles. The second-order valence-electron chi connectivity index (χ2n) is 8.31. The minimum atomic E-state index is -1.04. The summed E-state index contributed by atoms with van der Waals surface area (Å²) >= 11 is 0. The minimum absolute atomic E-state index is 0. The maximum absolute atomic E-state index is 12.4. The third kappa shape index (κ3) is 6.25. The molecule has 1 amide bonds. The number of fused-ring (bicyclic) bond motifs is 3. The highest BCUT2D eigenvalue weighted by molar-refractivity contribution is 5.85. The highest BCUT2D eigenvalue weighted by atomic mass is 35.5. The second-order valence-corrected chi connectivity index (χ2v) is 8.31. The van der Waals surface area contributed by atoms with Gasteiger partial charge < -0.3 is 19.9 Å². The molecule has 1 fully saturated rings. The first-order valence-electron chi connectivity index (χ1n) is 11.3.